The van der Waals surface area contributed by atoms with Crippen LogP contribution in [0.3, 0.4) is 0 Å². The number of nitrogens with two attached hydrogens (primary N) is 2. The number of nitrogens with zero attached hydrogens (tertiary/aromatic N) is 2. The Balaban J connectivity index is 1.93. The molecule has 0 saturated heterocycles. The van der Waals surface area contributed by atoms with Crippen LogP contribution >= 0.6 is 0 Å². The van der Waals surface area contributed by atoms with Crippen LogP contribution in [-0.2, 0) is 0 Å². The Hall–Kier alpha value is -2.63. The summed E-state index contributed by atoms with van der Waals surface area (Å²) in [6.45, 7) is 0. The Labute approximate surface area is 115 Å². The summed E-state index contributed by atoms with van der Waals surface area (Å²) in [4.78, 5) is 19.9. The van der Waals surface area contributed by atoms with Crippen molar-refractivity contribution in [3.8, 4) is 11.6 Å². The first-order valence-corrected chi connectivity index (χ1v) is 6.34. The molecule has 20 heavy (non-hydrogen) atoms. The number of hydrogen-bond acceptors (Lipinski definition) is 5. The van der Waals surface area contributed by atoms with Crippen LogP contribution in [0.5, 0.6) is 11.6 Å². The molecule has 3 rings (SSSR count). The van der Waals surface area contributed by atoms with Gasteiger partial charge < -0.3 is 16.2 Å². The molecule has 1 amide bonds. The highest BCUT2D eigenvalue weighted by Gasteiger charge is 2.27. The highest BCUT2D eigenvalue weighted by atomic mass is 16.5. The Morgan fingerprint density at radius 3 is 2.70 bits per heavy atom. The molecule has 6 nitrogen and oxygen atoms in total. The maximum absolute atomic E-state index is 11.3. The number of rotatable bonds is 4. The van der Waals surface area contributed by atoms with Gasteiger partial charge in [0, 0.05) is 12.0 Å². The van der Waals surface area contributed by atoms with Gasteiger partial charge in [-0.25, -0.2) is 4.98 Å². The lowest BCUT2D eigenvalue weighted by Crippen LogP contribution is -2.12. The molecule has 0 atom stereocenters. The summed E-state index contributed by atoms with van der Waals surface area (Å²) >= 11 is 0. The molecule has 0 bridgehead atoms. The van der Waals surface area contributed by atoms with Crippen LogP contribution < -0.4 is 16.2 Å². The lowest BCUT2D eigenvalue weighted by atomic mass is 10.2. The Morgan fingerprint density at radius 1 is 1.25 bits per heavy atom. The molecule has 1 aliphatic rings. The van der Waals surface area contributed by atoms with Gasteiger partial charge in [-0.05, 0) is 25.0 Å². The van der Waals surface area contributed by atoms with Crippen molar-refractivity contribution >= 4 is 11.7 Å². The molecular formula is C14H14N4O2. The second-order valence-corrected chi connectivity index (χ2v) is 4.73. The number of benzene rings is 1. The first-order chi connectivity index (χ1) is 9.63. The molecule has 0 spiro atoms. The van der Waals surface area contributed by atoms with Gasteiger partial charge in [-0.2, -0.15) is 4.98 Å². The van der Waals surface area contributed by atoms with Crippen molar-refractivity contribution in [2.24, 2.45) is 5.73 Å². The van der Waals surface area contributed by atoms with Crippen molar-refractivity contribution in [3.63, 3.8) is 0 Å². The molecule has 1 saturated carbocycles. The minimum Gasteiger partial charge on any atom is -0.438 e. The normalized spacial score (nSPS) is 14.0. The number of nitrogen functional groups attached to an aromatic ring is 1. The number of carbonyl (C=O) groups is 1. The highest BCUT2D eigenvalue weighted by molar-refractivity contribution is 5.95. The van der Waals surface area contributed by atoms with E-state index in [1.807, 2.05) is 0 Å². The van der Waals surface area contributed by atoms with Gasteiger partial charge in [0.25, 0.3) is 5.91 Å². The Morgan fingerprint density at radius 2 is 2.00 bits per heavy atom. The zero-order valence-electron chi connectivity index (χ0n) is 10.7. The molecule has 102 valence electrons. The van der Waals surface area contributed by atoms with Gasteiger partial charge in [0.1, 0.15) is 17.4 Å². The fraction of sp³-hybridized carbons (Fsp3) is 0.214. The van der Waals surface area contributed by atoms with Gasteiger partial charge in [0.2, 0.25) is 5.88 Å². The van der Waals surface area contributed by atoms with E-state index in [-0.39, 0.29) is 0 Å². The minimum absolute atomic E-state index is 0.303. The van der Waals surface area contributed by atoms with Crippen LogP contribution in [0.25, 0.3) is 0 Å². The average Bonchev–Trinajstić information content (AvgIpc) is 3.22. The Kier molecular flexibility index (Phi) is 2.98. The maximum Gasteiger partial charge on any atom is 0.252 e. The molecule has 1 heterocycles. The molecule has 6 heteroatoms. The first-order valence-electron chi connectivity index (χ1n) is 6.34. The number of primary amides is 1. The van der Waals surface area contributed by atoms with Crippen molar-refractivity contribution in [2.75, 3.05) is 5.73 Å². The van der Waals surface area contributed by atoms with Gasteiger partial charge >= 0.3 is 0 Å². The third-order valence-corrected chi connectivity index (χ3v) is 3.05. The van der Waals surface area contributed by atoms with Crippen LogP contribution in [-0.4, -0.2) is 15.9 Å². The monoisotopic (exact) mass is 270 g/mol. The number of hydrogen-bond donors (Lipinski definition) is 2. The molecule has 0 unspecified atom stereocenters. The largest absolute Gasteiger partial charge is 0.438 e. The van der Waals surface area contributed by atoms with E-state index in [4.69, 9.17) is 16.2 Å². The van der Waals surface area contributed by atoms with E-state index in [0.717, 1.165) is 12.8 Å². The number of anilines is 1. The number of carbonyl (C=O) groups excluding carboxylic acids is 1. The number of aromatic nitrogens is 2. The second kappa shape index (κ2) is 4.80. The van der Waals surface area contributed by atoms with Gasteiger partial charge in [-0.3, -0.25) is 4.79 Å². The lowest BCUT2D eigenvalue weighted by Gasteiger charge is -2.09. The summed E-state index contributed by atoms with van der Waals surface area (Å²) in [6.07, 6.45) is 2.14. The van der Waals surface area contributed by atoms with Crippen molar-refractivity contribution in [3.05, 3.63) is 41.7 Å². The summed E-state index contributed by atoms with van der Waals surface area (Å²) in [5.41, 5.74) is 11.4. The first kappa shape index (κ1) is 12.4. The van der Waals surface area contributed by atoms with E-state index in [2.05, 4.69) is 9.97 Å². The summed E-state index contributed by atoms with van der Waals surface area (Å²) in [5.74, 6) is 1.55. The summed E-state index contributed by atoms with van der Waals surface area (Å²) in [5, 5.41) is 0. The molecule has 0 radical (unpaired) electrons. The van der Waals surface area contributed by atoms with E-state index >= 15 is 0 Å². The highest BCUT2D eigenvalue weighted by Crippen LogP contribution is 2.39. The van der Waals surface area contributed by atoms with Crippen LogP contribution in [0.1, 0.15) is 34.9 Å². The maximum atomic E-state index is 11.3. The zero-order valence-corrected chi connectivity index (χ0v) is 10.7. The van der Waals surface area contributed by atoms with E-state index in [1.165, 1.54) is 6.07 Å². The standard InChI is InChI=1S/C14H14N4O2/c15-11-7-12(18-14(17-11)8-5-6-8)20-10-4-2-1-3-9(10)13(16)19/h1-4,7-8H,5-6H2,(H2,16,19)(H2,15,17,18). The van der Waals surface area contributed by atoms with Crippen molar-refractivity contribution in [1.82, 2.24) is 9.97 Å². The van der Waals surface area contributed by atoms with Crippen molar-refractivity contribution < 1.29 is 9.53 Å². The molecule has 1 aromatic carbocycles. The Bertz CT molecular complexity index is 668. The van der Waals surface area contributed by atoms with Crippen molar-refractivity contribution in [2.45, 2.75) is 18.8 Å². The smallest absolute Gasteiger partial charge is 0.252 e. The minimum atomic E-state index is -0.551. The third-order valence-electron chi connectivity index (χ3n) is 3.05. The molecule has 1 aromatic heterocycles. The molecule has 2 aromatic rings. The number of ether oxygens (including phenoxy) is 1. The van der Waals surface area contributed by atoms with E-state index < -0.39 is 5.91 Å². The van der Waals surface area contributed by atoms with Gasteiger partial charge in [0.15, 0.2) is 0 Å². The average molecular weight is 270 g/mol. The molecular weight excluding hydrogens is 256 g/mol. The fourth-order valence-corrected chi connectivity index (χ4v) is 1.91. The van der Waals surface area contributed by atoms with E-state index in [1.54, 1.807) is 24.3 Å². The molecule has 1 fully saturated rings. The van der Waals surface area contributed by atoms with Crippen LogP contribution in [0, 0.1) is 0 Å². The predicted octanol–water partition coefficient (Wildman–Crippen LogP) is 1.83. The summed E-state index contributed by atoms with van der Waals surface area (Å²) in [7, 11) is 0. The van der Waals surface area contributed by atoms with Gasteiger partial charge in [-0.1, -0.05) is 12.1 Å². The molecule has 1 aliphatic carbocycles. The van der Waals surface area contributed by atoms with Crippen LogP contribution in [0.15, 0.2) is 30.3 Å². The van der Waals surface area contributed by atoms with Gasteiger partial charge in [-0.15, -0.1) is 0 Å². The van der Waals surface area contributed by atoms with Crippen LogP contribution in [0.4, 0.5) is 5.82 Å². The number of amides is 1. The van der Waals surface area contributed by atoms with Crippen molar-refractivity contribution in [1.29, 1.82) is 0 Å². The van der Waals surface area contributed by atoms with Gasteiger partial charge in [0.05, 0.1) is 5.56 Å². The fourth-order valence-electron chi connectivity index (χ4n) is 1.91. The molecule has 0 aliphatic heterocycles. The zero-order chi connectivity index (χ0) is 14.1. The summed E-state index contributed by atoms with van der Waals surface area (Å²) in [6, 6.07) is 8.27. The predicted molar refractivity (Wildman–Crippen MR) is 73.5 cm³/mol. The number of para-hydroxylation sites is 1. The quantitative estimate of drug-likeness (QED) is 0.881. The summed E-state index contributed by atoms with van der Waals surface area (Å²) < 4.78 is 5.64. The third kappa shape index (κ3) is 2.54. The molecule has 4 N–H and O–H groups in total. The lowest BCUT2D eigenvalue weighted by molar-refractivity contribution is 0.0998. The second-order valence-electron chi connectivity index (χ2n) is 4.73. The topological polar surface area (TPSA) is 104 Å². The van der Waals surface area contributed by atoms with E-state index in [9.17, 15) is 4.79 Å². The van der Waals surface area contributed by atoms with E-state index in [0.29, 0.717) is 34.8 Å². The SMILES string of the molecule is NC(=O)c1ccccc1Oc1cc(N)nc(C2CC2)n1. The van der Waals surface area contributed by atoms with Crippen LogP contribution in [0.2, 0.25) is 0 Å².